The monoisotopic (exact) mass is 348 g/mol. The van der Waals surface area contributed by atoms with Gasteiger partial charge in [0.05, 0.1) is 11.7 Å². The van der Waals surface area contributed by atoms with E-state index in [2.05, 4.69) is 10.1 Å². The average molecular weight is 348 g/mol. The third kappa shape index (κ3) is 2.94. The molecule has 1 aliphatic rings. The number of likely N-dealkylation sites (N-methyl/N-ethyl adjacent to an activating group) is 1. The van der Waals surface area contributed by atoms with Gasteiger partial charge in [-0.2, -0.15) is 5.10 Å². The molecule has 0 N–H and O–H groups in total. The molecule has 6 heteroatoms. The fourth-order valence-electron chi connectivity index (χ4n) is 3.21. The maximum Gasteiger partial charge on any atom is 0.264 e. The number of hydrogen-bond donors (Lipinski definition) is 0. The van der Waals surface area contributed by atoms with Gasteiger partial charge in [-0.3, -0.25) is 4.79 Å². The number of carbonyl (C=O) groups is 1. The van der Waals surface area contributed by atoms with Gasteiger partial charge in [0.1, 0.15) is 18.4 Å². The van der Waals surface area contributed by atoms with E-state index in [1.165, 1.54) is 6.33 Å². The molecule has 6 nitrogen and oxygen atoms in total. The highest BCUT2D eigenvalue weighted by molar-refractivity contribution is 5.82. The van der Waals surface area contributed by atoms with Crippen molar-refractivity contribution in [1.82, 2.24) is 19.7 Å². The topological polar surface area (TPSA) is 60.2 Å². The molecule has 0 fully saturated rings. The summed E-state index contributed by atoms with van der Waals surface area (Å²) in [5.41, 5.74) is 3.08. The van der Waals surface area contributed by atoms with E-state index in [9.17, 15) is 4.79 Å². The summed E-state index contributed by atoms with van der Waals surface area (Å²) in [6.07, 6.45) is 3.33. The van der Waals surface area contributed by atoms with Crippen molar-refractivity contribution in [2.24, 2.45) is 0 Å². The highest BCUT2D eigenvalue weighted by Gasteiger charge is 2.32. The number of fused-ring (bicyclic) bond motifs is 1. The number of amides is 1. The lowest BCUT2D eigenvalue weighted by Gasteiger charge is -2.27. The first kappa shape index (κ1) is 16.3. The zero-order valence-electron chi connectivity index (χ0n) is 14.7. The standard InChI is InChI=1S/C20H20N4O2/c1-14(15-7-9-17(10-8-15)24-13-21-12-22-24)23(2)20(25)19-11-16-5-3-4-6-18(16)26-19/h3-10,12-14,19H,11H2,1-2H3/t14-,19-/m0/s1. The first-order valence-corrected chi connectivity index (χ1v) is 8.59. The van der Waals surface area contributed by atoms with Crippen molar-refractivity contribution in [2.75, 3.05) is 7.05 Å². The normalized spacial score (nSPS) is 16.6. The van der Waals surface area contributed by atoms with Crippen LogP contribution in [0.2, 0.25) is 0 Å². The molecule has 1 aliphatic heterocycles. The third-order valence-electron chi connectivity index (χ3n) is 4.91. The van der Waals surface area contributed by atoms with Crippen molar-refractivity contribution in [3.05, 3.63) is 72.3 Å². The maximum absolute atomic E-state index is 12.9. The van der Waals surface area contributed by atoms with Gasteiger partial charge in [0, 0.05) is 13.5 Å². The summed E-state index contributed by atoms with van der Waals surface area (Å²) in [5, 5.41) is 4.12. The van der Waals surface area contributed by atoms with Gasteiger partial charge in [0.2, 0.25) is 0 Å². The second-order valence-electron chi connectivity index (χ2n) is 6.48. The Bertz CT molecular complexity index is 881. The van der Waals surface area contributed by atoms with E-state index in [-0.39, 0.29) is 11.9 Å². The SMILES string of the molecule is C[C@@H](c1ccc(-n2cncn2)cc1)N(C)C(=O)[C@@H]1Cc2ccccc2O1. The fourth-order valence-corrected chi connectivity index (χ4v) is 3.21. The van der Waals surface area contributed by atoms with Gasteiger partial charge in [0.25, 0.3) is 5.91 Å². The molecule has 0 aliphatic carbocycles. The van der Waals surface area contributed by atoms with Crippen molar-refractivity contribution in [3.63, 3.8) is 0 Å². The largest absolute Gasteiger partial charge is 0.480 e. The van der Waals surface area contributed by atoms with Gasteiger partial charge >= 0.3 is 0 Å². The van der Waals surface area contributed by atoms with E-state index in [0.717, 1.165) is 22.6 Å². The molecule has 0 saturated carbocycles. The lowest BCUT2D eigenvalue weighted by atomic mass is 10.0. The van der Waals surface area contributed by atoms with Crippen molar-refractivity contribution in [2.45, 2.75) is 25.5 Å². The highest BCUT2D eigenvalue weighted by Crippen LogP contribution is 2.30. The average Bonchev–Trinajstić information content (AvgIpc) is 3.36. The van der Waals surface area contributed by atoms with Gasteiger partial charge in [-0.15, -0.1) is 0 Å². The Hall–Kier alpha value is -3.15. The number of para-hydroxylation sites is 1. The highest BCUT2D eigenvalue weighted by atomic mass is 16.5. The van der Waals surface area contributed by atoms with Crippen LogP contribution >= 0.6 is 0 Å². The van der Waals surface area contributed by atoms with Crippen molar-refractivity contribution < 1.29 is 9.53 Å². The predicted octanol–water partition coefficient (Wildman–Crippen LogP) is 2.79. The van der Waals surface area contributed by atoms with Crippen LogP contribution in [0.25, 0.3) is 5.69 Å². The molecule has 2 aromatic carbocycles. The Labute approximate surface area is 152 Å². The van der Waals surface area contributed by atoms with Crippen molar-refractivity contribution in [3.8, 4) is 11.4 Å². The van der Waals surface area contributed by atoms with Crippen LogP contribution in [-0.4, -0.2) is 38.7 Å². The first-order valence-electron chi connectivity index (χ1n) is 8.59. The Morgan fingerprint density at radius 2 is 2.00 bits per heavy atom. The summed E-state index contributed by atoms with van der Waals surface area (Å²) < 4.78 is 7.54. The van der Waals surface area contributed by atoms with Crippen molar-refractivity contribution >= 4 is 5.91 Å². The minimum Gasteiger partial charge on any atom is -0.480 e. The minimum absolute atomic E-state index is 0.00551. The number of hydrogen-bond acceptors (Lipinski definition) is 4. The van der Waals surface area contributed by atoms with E-state index in [0.29, 0.717) is 6.42 Å². The summed E-state index contributed by atoms with van der Waals surface area (Å²) in [6.45, 7) is 2.02. The van der Waals surface area contributed by atoms with Crippen LogP contribution in [-0.2, 0) is 11.2 Å². The van der Waals surface area contributed by atoms with E-state index < -0.39 is 6.10 Å². The summed E-state index contributed by atoms with van der Waals surface area (Å²) >= 11 is 0. The molecule has 2 heterocycles. The number of benzene rings is 2. The quantitative estimate of drug-likeness (QED) is 0.727. The van der Waals surface area contributed by atoms with Crippen molar-refractivity contribution in [1.29, 1.82) is 0 Å². The van der Waals surface area contributed by atoms with Crippen LogP contribution in [0.3, 0.4) is 0 Å². The molecule has 0 spiro atoms. The van der Waals surface area contributed by atoms with E-state index in [1.807, 2.05) is 62.5 Å². The van der Waals surface area contributed by atoms with Crippen LogP contribution in [0, 0.1) is 0 Å². The Kier molecular flexibility index (Phi) is 4.16. The third-order valence-corrected chi connectivity index (χ3v) is 4.91. The van der Waals surface area contributed by atoms with Crippen LogP contribution in [0.1, 0.15) is 24.1 Å². The summed E-state index contributed by atoms with van der Waals surface area (Å²) in [4.78, 5) is 18.6. The molecular weight excluding hydrogens is 328 g/mol. The number of carbonyl (C=O) groups excluding carboxylic acids is 1. The Morgan fingerprint density at radius 1 is 1.23 bits per heavy atom. The smallest absolute Gasteiger partial charge is 0.264 e. The molecule has 0 unspecified atom stereocenters. The van der Waals surface area contributed by atoms with Crippen LogP contribution in [0.15, 0.2) is 61.2 Å². The molecule has 1 aromatic heterocycles. The van der Waals surface area contributed by atoms with Gasteiger partial charge < -0.3 is 9.64 Å². The lowest BCUT2D eigenvalue weighted by Crippen LogP contribution is -2.40. The van der Waals surface area contributed by atoms with Gasteiger partial charge in [-0.25, -0.2) is 9.67 Å². The van der Waals surface area contributed by atoms with E-state index in [1.54, 1.807) is 15.9 Å². The summed E-state index contributed by atoms with van der Waals surface area (Å²) in [6, 6.07) is 15.7. The van der Waals surface area contributed by atoms with E-state index in [4.69, 9.17) is 4.74 Å². The molecule has 1 amide bonds. The zero-order chi connectivity index (χ0) is 18.1. The second kappa shape index (κ2) is 6.63. The molecule has 0 radical (unpaired) electrons. The number of rotatable bonds is 4. The number of nitrogens with zero attached hydrogens (tertiary/aromatic N) is 4. The first-order chi connectivity index (χ1) is 12.6. The molecule has 132 valence electrons. The van der Waals surface area contributed by atoms with Crippen LogP contribution in [0.4, 0.5) is 0 Å². The minimum atomic E-state index is -0.450. The molecule has 26 heavy (non-hydrogen) atoms. The molecule has 0 saturated heterocycles. The Balaban J connectivity index is 1.46. The molecule has 0 bridgehead atoms. The van der Waals surface area contributed by atoms with Gasteiger partial charge in [0.15, 0.2) is 6.10 Å². The summed E-state index contributed by atoms with van der Waals surface area (Å²) in [7, 11) is 1.82. The Morgan fingerprint density at radius 3 is 2.69 bits per heavy atom. The molecular formula is C20H20N4O2. The lowest BCUT2D eigenvalue weighted by molar-refractivity contribution is -0.138. The molecule has 4 rings (SSSR count). The second-order valence-corrected chi connectivity index (χ2v) is 6.48. The maximum atomic E-state index is 12.9. The summed E-state index contributed by atoms with van der Waals surface area (Å²) in [5.74, 6) is 0.804. The van der Waals surface area contributed by atoms with Gasteiger partial charge in [-0.05, 0) is 36.2 Å². The van der Waals surface area contributed by atoms with Crippen LogP contribution < -0.4 is 4.74 Å². The zero-order valence-corrected chi connectivity index (χ0v) is 14.7. The fraction of sp³-hybridized carbons (Fsp3) is 0.250. The number of aromatic nitrogens is 3. The van der Waals surface area contributed by atoms with E-state index >= 15 is 0 Å². The molecule has 2 atom stereocenters. The molecule has 3 aromatic rings. The predicted molar refractivity (Wildman–Crippen MR) is 97.1 cm³/mol. The van der Waals surface area contributed by atoms with Crippen LogP contribution in [0.5, 0.6) is 5.75 Å². The van der Waals surface area contributed by atoms with Gasteiger partial charge in [-0.1, -0.05) is 30.3 Å². The number of ether oxygens (including phenoxy) is 1.